The molecule has 1 N–H and O–H groups in total. The van der Waals surface area contributed by atoms with Gasteiger partial charge in [0.25, 0.3) is 0 Å². The highest BCUT2D eigenvalue weighted by molar-refractivity contribution is 5.78. The SMILES string of the molecule is O=C(CC1CC1)N1CCc2[nH]cnc2[C@@H]1c1cn2ccccc2n1. The number of pyridine rings is 1. The average Bonchev–Trinajstić information content (AvgIpc) is 3.12. The number of rotatable bonds is 3. The molecule has 1 aliphatic carbocycles. The summed E-state index contributed by atoms with van der Waals surface area (Å²) in [5, 5.41) is 0. The van der Waals surface area contributed by atoms with Crippen molar-refractivity contribution in [3.05, 3.63) is 54.0 Å². The van der Waals surface area contributed by atoms with Crippen LogP contribution in [0.15, 0.2) is 36.9 Å². The van der Waals surface area contributed by atoms with Crippen LogP contribution in [0.5, 0.6) is 0 Å². The van der Waals surface area contributed by atoms with Crippen molar-refractivity contribution in [3.8, 4) is 0 Å². The quantitative estimate of drug-likeness (QED) is 0.805. The summed E-state index contributed by atoms with van der Waals surface area (Å²) >= 11 is 0. The van der Waals surface area contributed by atoms with Gasteiger partial charge < -0.3 is 14.3 Å². The second-order valence-electron chi connectivity index (χ2n) is 6.79. The fourth-order valence-corrected chi connectivity index (χ4v) is 3.62. The number of aromatic nitrogens is 4. The van der Waals surface area contributed by atoms with Gasteiger partial charge in [0, 0.05) is 37.5 Å². The highest BCUT2D eigenvalue weighted by atomic mass is 16.2. The number of nitrogens with one attached hydrogen (secondary N) is 1. The molecule has 0 aromatic carbocycles. The lowest BCUT2D eigenvalue weighted by atomic mass is 9.99. The minimum atomic E-state index is -0.189. The van der Waals surface area contributed by atoms with Crippen LogP contribution in [-0.4, -0.2) is 36.7 Å². The molecule has 3 aromatic heterocycles. The molecule has 1 amide bonds. The maximum Gasteiger partial charge on any atom is 0.223 e. The molecule has 6 heteroatoms. The third-order valence-electron chi connectivity index (χ3n) is 5.07. The van der Waals surface area contributed by atoms with Gasteiger partial charge in [0.15, 0.2) is 0 Å². The molecule has 122 valence electrons. The smallest absolute Gasteiger partial charge is 0.223 e. The fourth-order valence-electron chi connectivity index (χ4n) is 3.62. The predicted octanol–water partition coefficient (Wildman–Crippen LogP) is 2.33. The molecular formula is C18H19N5O. The Balaban J connectivity index is 1.58. The van der Waals surface area contributed by atoms with E-state index in [2.05, 4.69) is 9.97 Å². The zero-order valence-electron chi connectivity index (χ0n) is 13.4. The van der Waals surface area contributed by atoms with Crippen molar-refractivity contribution in [3.63, 3.8) is 0 Å². The highest BCUT2D eigenvalue weighted by Crippen LogP contribution is 2.37. The number of nitrogens with zero attached hydrogens (tertiary/aromatic N) is 4. The molecule has 0 spiro atoms. The average molecular weight is 321 g/mol. The molecule has 1 saturated carbocycles. The van der Waals surface area contributed by atoms with E-state index in [1.54, 1.807) is 6.33 Å². The van der Waals surface area contributed by atoms with E-state index < -0.39 is 0 Å². The lowest BCUT2D eigenvalue weighted by Crippen LogP contribution is -2.41. The van der Waals surface area contributed by atoms with Crippen LogP contribution in [0, 0.1) is 5.92 Å². The first-order valence-corrected chi connectivity index (χ1v) is 8.55. The van der Waals surface area contributed by atoms with Crippen LogP contribution in [0.25, 0.3) is 5.65 Å². The van der Waals surface area contributed by atoms with Crippen LogP contribution >= 0.6 is 0 Å². The molecular weight excluding hydrogens is 302 g/mol. The second kappa shape index (κ2) is 5.19. The molecule has 3 aromatic rings. The van der Waals surface area contributed by atoms with Gasteiger partial charge in [0.05, 0.1) is 17.7 Å². The molecule has 24 heavy (non-hydrogen) atoms. The number of imidazole rings is 2. The topological polar surface area (TPSA) is 66.3 Å². The zero-order valence-corrected chi connectivity index (χ0v) is 13.4. The number of amides is 1. The van der Waals surface area contributed by atoms with Crippen LogP contribution in [-0.2, 0) is 11.2 Å². The van der Waals surface area contributed by atoms with E-state index in [-0.39, 0.29) is 11.9 Å². The van der Waals surface area contributed by atoms with Crippen LogP contribution in [0.4, 0.5) is 0 Å². The molecule has 4 heterocycles. The Morgan fingerprint density at radius 1 is 1.33 bits per heavy atom. The summed E-state index contributed by atoms with van der Waals surface area (Å²) in [6.45, 7) is 0.722. The van der Waals surface area contributed by atoms with Crippen LogP contribution in [0.2, 0.25) is 0 Å². The first-order valence-electron chi connectivity index (χ1n) is 8.55. The Hall–Kier alpha value is -2.63. The molecule has 1 fully saturated rings. The Kier molecular flexibility index (Phi) is 2.98. The van der Waals surface area contributed by atoms with Crippen molar-refractivity contribution in [1.29, 1.82) is 0 Å². The number of aromatic amines is 1. The Bertz CT molecular complexity index is 874. The molecule has 0 unspecified atom stereocenters. The van der Waals surface area contributed by atoms with Gasteiger partial charge in [-0.3, -0.25) is 4.79 Å². The first-order chi connectivity index (χ1) is 11.8. The van der Waals surface area contributed by atoms with Gasteiger partial charge in [-0.2, -0.15) is 0 Å². The molecule has 6 nitrogen and oxygen atoms in total. The van der Waals surface area contributed by atoms with Crippen molar-refractivity contribution in [2.24, 2.45) is 5.92 Å². The molecule has 5 rings (SSSR count). The van der Waals surface area contributed by atoms with Crippen LogP contribution in [0.3, 0.4) is 0 Å². The molecule has 0 bridgehead atoms. The third kappa shape index (κ3) is 2.21. The second-order valence-corrected chi connectivity index (χ2v) is 6.79. The van der Waals surface area contributed by atoms with E-state index >= 15 is 0 Å². The summed E-state index contributed by atoms with van der Waals surface area (Å²) in [5.74, 6) is 0.813. The van der Waals surface area contributed by atoms with E-state index in [0.29, 0.717) is 12.3 Å². The highest BCUT2D eigenvalue weighted by Gasteiger charge is 2.37. The molecule has 1 atom stereocenters. The van der Waals surface area contributed by atoms with Crippen molar-refractivity contribution in [1.82, 2.24) is 24.3 Å². The molecule has 1 aliphatic heterocycles. The largest absolute Gasteiger partial charge is 0.348 e. The van der Waals surface area contributed by atoms with Crippen molar-refractivity contribution in [2.45, 2.75) is 31.7 Å². The van der Waals surface area contributed by atoms with Gasteiger partial charge in [-0.25, -0.2) is 9.97 Å². The Morgan fingerprint density at radius 3 is 3.08 bits per heavy atom. The summed E-state index contributed by atoms with van der Waals surface area (Å²) < 4.78 is 2.00. The molecule has 0 saturated heterocycles. The third-order valence-corrected chi connectivity index (χ3v) is 5.07. The number of carbonyl (C=O) groups excluding carboxylic acids is 1. The maximum absolute atomic E-state index is 12.8. The van der Waals surface area contributed by atoms with E-state index in [1.165, 1.54) is 12.8 Å². The number of H-pyrrole nitrogens is 1. The Morgan fingerprint density at radius 2 is 2.25 bits per heavy atom. The summed E-state index contributed by atoms with van der Waals surface area (Å²) in [7, 11) is 0. The summed E-state index contributed by atoms with van der Waals surface area (Å²) in [4.78, 5) is 27.3. The van der Waals surface area contributed by atoms with Gasteiger partial charge >= 0.3 is 0 Å². The van der Waals surface area contributed by atoms with Gasteiger partial charge in [-0.05, 0) is 30.9 Å². The minimum absolute atomic E-state index is 0.189. The van der Waals surface area contributed by atoms with E-state index in [9.17, 15) is 4.79 Å². The monoisotopic (exact) mass is 321 g/mol. The van der Waals surface area contributed by atoms with Gasteiger partial charge in [-0.1, -0.05) is 6.07 Å². The van der Waals surface area contributed by atoms with Crippen LogP contribution < -0.4 is 0 Å². The van der Waals surface area contributed by atoms with Crippen molar-refractivity contribution < 1.29 is 4.79 Å². The maximum atomic E-state index is 12.8. The van der Waals surface area contributed by atoms with Crippen LogP contribution in [0.1, 0.15) is 42.4 Å². The summed E-state index contributed by atoms with van der Waals surface area (Å²) in [6.07, 6.45) is 9.58. The molecule has 0 radical (unpaired) electrons. The van der Waals surface area contributed by atoms with E-state index in [1.807, 2.05) is 39.9 Å². The first kappa shape index (κ1) is 13.8. The Labute approximate surface area is 139 Å². The van der Waals surface area contributed by atoms with Gasteiger partial charge in [-0.15, -0.1) is 0 Å². The fraction of sp³-hybridized carbons (Fsp3) is 0.389. The molecule has 2 aliphatic rings. The standard InChI is InChI=1S/C18H19N5O/c24-16(9-12-4-5-12)23-8-6-13-17(20-11-19-13)18(23)14-10-22-7-2-1-3-15(22)21-14/h1-3,7,10-12,18H,4-6,8-9H2,(H,19,20)/t18-/m0/s1. The number of fused-ring (bicyclic) bond motifs is 2. The van der Waals surface area contributed by atoms with Gasteiger partial charge in [0.1, 0.15) is 11.7 Å². The summed E-state index contributed by atoms with van der Waals surface area (Å²) in [5.41, 5.74) is 3.84. The van der Waals surface area contributed by atoms with E-state index in [4.69, 9.17) is 4.98 Å². The number of hydrogen-bond acceptors (Lipinski definition) is 3. The normalized spacial score (nSPS) is 20.3. The lowest BCUT2D eigenvalue weighted by Gasteiger charge is -2.34. The van der Waals surface area contributed by atoms with E-state index in [0.717, 1.165) is 35.7 Å². The minimum Gasteiger partial charge on any atom is -0.348 e. The number of carbonyl (C=O) groups is 1. The number of hydrogen-bond donors (Lipinski definition) is 1. The lowest BCUT2D eigenvalue weighted by molar-refractivity contribution is -0.133. The van der Waals surface area contributed by atoms with Crippen molar-refractivity contribution >= 4 is 11.6 Å². The predicted molar refractivity (Wildman–Crippen MR) is 88.4 cm³/mol. The zero-order chi connectivity index (χ0) is 16.1. The van der Waals surface area contributed by atoms with Crippen molar-refractivity contribution in [2.75, 3.05) is 6.54 Å². The van der Waals surface area contributed by atoms with Gasteiger partial charge in [0.2, 0.25) is 5.91 Å². The summed E-state index contributed by atoms with van der Waals surface area (Å²) in [6, 6.07) is 5.75.